The zero-order valence-corrected chi connectivity index (χ0v) is 22.6. The SMILES string of the molecule is O=C(Nc1cc2ccccc2cc1C(=O)NN=Cc1cccc(F)c1)c1cccc(CN2CCN(CCO)CC2)c1. The number of benzene rings is 4. The van der Waals surface area contributed by atoms with E-state index in [0.29, 0.717) is 23.4 Å². The topological polar surface area (TPSA) is 97.3 Å². The smallest absolute Gasteiger partial charge is 0.273 e. The van der Waals surface area contributed by atoms with Crippen molar-refractivity contribution in [3.63, 3.8) is 0 Å². The van der Waals surface area contributed by atoms with Gasteiger partial charge in [-0.3, -0.25) is 19.4 Å². The van der Waals surface area contributed by atoms with Gasteiger partial charge in [-0.25, -0.2) is 9.82 Å². The Hall–Kier alpha value is -4.44. The second kappa shape index (κ2) is 13.3. The Balaban J connectivity index is 1.31. The number of β-amino-alcohol motifs (C(OH)–C–C–N with tert-alkyl or cyclic N) is 1. The molecule has 1 heterocycles. The van der Waals surface area contributed by atoms with E-state index in [1.54, 1.807) is 30.3 Å². The third-order valence-electron chi connectivity index (χ3n) is 7.08. The van der Waals surface area contributed by atoms with Crippen molar-refractivity contribution in [2.24, 2.45) is 5.10 Å². The minimum absolute atomic E-state index is 0.167. The maximum absolute atomic E-state index is 13.5. The summed E-state index contributed by atoms with van der Waals surface area (Å²) in [7, 11) is 0. The van der Waals surface area contributed by atoms with Gasteiger partial charge in [0.25, 0.3) is 11.8 Å². The molecule has 8 nitrogen and oxygen atoms in total. The van der Waals surface area contributed by atoms with Crippen molar-refractivity contribution in [3.8, 4) is 0 Å². The summed E-state index contributed by atoms with van der Waals surface area (Å²) in [5.41, 5.74) is 5.12. The quantitative estimate of drug-likeness (QED) is 0.214. The van der Waals surface area contributed by atoms with Gasteiger partial charge in [0.15, 0.2) is 0 Å². The standard InChI is InChI=1S/C32H32FN5O3/c33-28-10-4-5-23(18-28)21-34-36-32(41)29-19-25-7-1-2-8-26(25)20-30(29)35-31(40)27-9-3-6-24(17-27)22-38-13-11-37(12-14-38)15-16-39/h1-10,17-21,39H,11-16,22H2,(H,35,40)(H,36,41). The Bertz CT molecular complexity index is 1570. The molecule has 0 spiro atoms. The number of rotatable bonds is 9. The number of hydrogen-bond donors (Lipinski definition) is 3. The summed E-state index contributed by atoms with van der Waals surface area (Å²) in [6.07, 6.45) is 1.36. The van der Waals surface area contributed by atoms with Gasteiger partial charge in [-0.15, -0.1) is 0 Å². The third-order valence-corrected chi connectivity index (χ3v) is 7.08. The fraction of sp³-hybridized carbons (Fsp3) is 0.219. The van der Waals surface area contributed by atoms with Crippen LogP contribution in [0.15, 0.2) is 90.0 Å². The van der Waals surface area contributed by atoms with E-state index < -0.39 is 11.7 Å². The van der Waals surface area contributed by atoms with Crippen molar-refractivity contribution in [2.75, 3.05) is 44.6 Å². The number of anilines is 1. The molecule has 0 aliphatic carbocycles. The predicted octanol–water partition coefficient (Wildman–Crippen LogP) is 4.11. The monoisotopic (exact) mass is 553 g/mol. The number of carbonyl (C=O) groups is 2. The van der Waals surface area contributed by atoms with Gasteiger partial charge >= 0.3 is 0 Å². The maximum Gasteiger partial charge on any atom is 0.273 e. The molecule has 3 N–H and O–H groups in total. The van der Waals surface area contributed by atoms with Crippen LogP contribution >= 0.6 is 0 Å². The molecule has 1 saturated heterocycles. The van der Waals surface area contributed by atoms with Gasteiger partial charge < -0.3 is 10.4 Å². The van der Waals surface area contributed by atoms with Gasteiger partial charge in [-0.05, 0) is 58.3 Å². The first-order chi connectivity index (χ1) is 20.0. The molecule has 0 atom stereocenters. The number of fused-ring (bicyclic) bond motifs is 1. The number of piperazine rings is 1. The first-order valence-corrected chi connectivity index (χ1v) is 13.6. The van der Waals surface area contributed by atoms with E-state index >= 15 is 0 Å². The normalized spacial score (nSPS) is 14.4. The van der Waals surface area contributed by atoms with Gasteiger partial charge in [0.05, 0.1) is 24.1 Å². The van der Waals surface area contributed by atoms with Crippen LogP contribution in [-0.4, -0.2) is 72.3 Å². The number of aliphatic hydroxyl groups is 1. The van der Waals surface area contributed by atoms with Crippen molar-refractivity contribution >= 4 is 34.5 Å². The highest BCUT2D eigenvalue weighted by Crippen LogP contribution is 2.25. The van der Waals surface area contributed by atoms with Gasteiger partial charge in [0.1, 0.15) is 5.82 Å². The van der Waals surface area contributed by atoms with E-state index in [1.165, 1.54) is 18.3 Å². The minimum Gasteiger partial charge on any atom is -0.395 e. The molecule has 1 fully saturated rings. The second-order valence-corrected chi connectivity index (χ2v) is 9.99. The lowest BCUT2D eigenvalue weighted by atomic mass is 10.0. The molecule has 4 aromatic carbocycles. The van der Waals surface area contributed by atoms with Crippen LogP contribution in [0.1, 0.15) is 31.8 Å². The van der Waals surface area contributed by atoms with Crippen molar-refractivity contribution in [2.45, 2.75) is 6.54 Å². The van der Waals surface area contributed by atoms with Crippen LogP contribution in [0.3, 0.4) is 0 Å². The van der Waals surface area contributed by atoms with Crippen LogP contribution in [0.4, 0.5) is 10.1 Å². The molecular weight excluding hydrogens is 521 g/mol. The molecule has 0 aromatic heterocycles. The summed E-state index contributed by atoms with van der Waals surface area (Å²) in [5.74, 6) is -1.23. The lowest BCUT2D eigenvalue weighted by Crippen LogP contribution is -2.46. The third kappa shape index (κ3) is 7.40. The average molecular weight is 554 g/mol. The highest BCUT2D eigenvalue weighted by Gasteiger charge is 2.18. The van der Waals surface area contributed by atoms with Gasteiger partial charge in [-0.2, -0.15) is 5.10 Å². The molecule has 2 amide bonds. The molecule has 1 aliphatic heterocycles. The second-order valence-electron chi connectivity index (χ2n) is 9.99. The van der Waals surface area contributed by atoms with Crippen LogP contribution in [0.25, 0.3) is 10.8 Å². The van der Waals surface area contributed by atoms with E-state index in [4.69, 9.17) is 5.11 Å². The number of amides is 2. The number of nitrogens with zero attached hydrogens (tertiary/aromatic N) is 3. The number of hydrogen-bond acceptors (Lipinski definition) is 6. The summed E-state index contributed by atoms with van der Waals surface area (Å²) < 4.78 is 13.5. The molecule has 0 unspecified atom stereocenters. The highest BCUT2D eigenvalue weighted by atomic mass is 19.1. The number of nitrogens with one attached hydrogen (secondary N) is 2. The first-order valence-electron chi connectivity index (χ1n) is 13.6. The Morgan fingerprint density at radius 2 is 1.59 bits per heavy atom. The summed E-state index contributed by atoms with van der Waals surface area (Å²) >= 11 is 0. The van der Waals surface area contributed by atoms with Crippen LogP contribution in [0, 0.1) is 5.82 Å². The summed E-state index contributed by atoms with van der Waals surface area (Å²) in [6.45, 7) is 5.18. The lowest BCUT2D eigenvalue weighted by Gasteiger charge is -2.34. The summed E-state index contributed by atoms with van der Waals surface area (Å²) in [5, 5.41) is 17.8. The van der Waals surface area contributed by atoms with Gasteiger partial charge in [0.2, 0.25) is 0 Å². The van der Waals surface area contributed by atoms with E-state index in [9.17, 15) is 14.0 Å². The Morgan fingerprint density at radius 3 is 2.34 bits per heavy atom. The zero-order chi connectivity index (χ0) is 28.6. The largest absolute Gasteiger partial charge is 0.395 e. The summed E-state index contributed by atoms with van der Waals surface area (Å²) in [6, 6.07) is 24.4. The molecule has 210 valence electrons. The Labute approximate surface area is 238 Å². The molecule has 9 heteroatoms. The molecule has 41 heavy (non-hydrogen) atoms. The Kier molecular flexibility index (Phi) is 9.10. The number of aliphatic hydroxyl groups excluding tert-OH is 1. The van der Waals surface area contributed by atoms with Crippen molar-refractivity contribution < 1.29 is 19.1 Å². The molecule has 4 aromatic rings. The molecule has 0 saturated carbocycles. The van der Waals surface area contributed by atoms with E-state index in [1.807, 2.05) is 42.5 Å². The Morgan fingerprint density at radius 1 is 0.854 bits per heavy atom. The molecule has 0 bridgehead atoms. The fourth-order valence-electron chi connectivity index (χ4n) is 4.92. The zero-order valence-electron chi connectivity index (χ0n) is 22.6. The van der Waals surface area contributed by atoms with Crippen molar-refractivity contribution in [3.05, 3.63) is 113 Å². The minimum atomic E-state index is -0.507. The average Bonchev–Trinajstić information content (AvgIpc) is 2.98. The molecular formula is C32H32FN5O3. The van der Waals surface area contributed by atoms with Gasteiger partial charge in [0, 0.05) is 44.8 Å². The van der Waals surface area contributed by atoms with E-state index in [-0.39, 0.29) is 18.1 Å². The highest BCUT2D eigenvalue weighted by molar-refractivity contribution is 6.11. The molecule has 0 radical (unpaired) electrons. The van der Waals surface area contributed by atoms with Crippen LogP contribution < -0.4 is 10.7 Å². The summed E-state index contributed by atoms with van der Waals surface area (Å²) in [4.78, 5) is 31.1. The van der Waals surface area contributed by atoms with E-state index in [0.717, 1.165) is 49.1 Å². The first kappa shape index (κ1) is 28.1. The lowest BCUT2D eigenvalue weighted by molar-refractivity contribution is 0.0956. The molecule has 1 aliphatic rings. The number of halogens is 1. The van der Waals surface area contributed by atoms with Gasteiger partial charge in [-0.1, -0.05) is 48.5 Å². The van der Waals surface area contributed by atoms with Crippen LogP contribution in [0.5, 0.6) is 0 Å². The number of hydrazone groups is 1. The fourth-order valence-corrected chi connectivity index (χ4v) is 4.92. The van der Waals surface area contributed by atoms with Crippen molar-refractivity contribution in [1.29, 1.82) is 0 Å². The molecule has 5 rings (SSSR count). The van der Waals surface area contributed by atoms with Crippen LogP contribution in [-0.2, 0) is 6.54 Å². The van der Waals surface area contributed by atoms with Crippen LogP contribution in [0.2, 0.25) is 0 Å². The number of carbonyl (C=O) groups excluding carboxylic acids is 2. The predicted molar refractivity (Wildman–Crippen MR) is 159 cm³/mol. The van der Waals surface area contributed by atoms with E-state index in [2.05, 4.69) is 25.6 Å². The maximum atomic E-state index is 13.5. The van der Waals surface area contributed by atoms with Crippen molar-refractivity contribution in [1.82, 2.24) is 15.2 Å².